The van der Waals surface area contributed by atoms with Crippen molar-refractivity contribution < 1.29 is 17.9 Å². The minimum absolute atomic E-state index is 0.150. The first-order valence-corrected chi connectivity index (χ1v) is 10.4. The first-order chi connectivity index (χ1) is 11.4. The van der Waals surface area contributed by atoms with Crippen LogP contribution in [0.2, 0.25) is 0 Å². The molecule has 2 N–H and O–H groups in total. The van der Waals surface area contributed by atoms with E-state index >= 15 is 0 Å². The fourth-order valence-corrected chi connectivity index (χ4v) is 4.76. The molecule has 0 aliphatic carbocycles. The molecular formula is C15H25N3O4S2. The van der Waals surface area contributed by atoms with Crippen LogP contribution in [0, 0.1) is 5.92 Å². The van der Waals surface area contributed by atoms with E-state index < -0.39 is 16.1 Å². The van der Waals surface area contributed by atoms with Crippen LogP contribution in [0.15, 0.2) is 21.7 Å². The summed E-state index contributed by atoms with van der Waals surface area (Å²) in [5.41, 5.74) is 0. The number of ether oxygens (including phenoxy) is 1. The molecule has 1 aromatic heterocycles. The van der Waals surface area contributed by atoms with E-state index in [2.05, 4.69) is 14.9 Å². The van der Waals surface area contributed by atoms with Gasteiger partial charge >= 0.3 is 0 Å². The summed E-state index contributed by atoms with van der Waals surface area (Å²) in [6, 6.07) is 2.41. The molecule has 7 nitrogen and oxygen atoms in total. The number of hydrogen-bond donors (Lipinski definition) is 2. The molecular weight excluding hydrogens is 350 g/mol. The summed E-state index contributed by atoms with van der Waals surface area (Å²) < 4.78 is 32.7. The van der Waals surface area contributed by atoms with Crippen LogP contribution in [0.4, 0.5) is 0 Å². The molecule has 0 bridgehead atoms. The number of morpholine rings is 1. The van der Waals surface area contributed by atoms with Crippen molar-refractivity contribution in [2.24, 2.45) is 5.92 Å². The van der Waals surface area contributed by atoms with Crippen molar-refractivity contribution in [1.29, 1.82) is 0 Å². The van der Waals surface area contributed by atoms with Gasteiger partial charge in [-0.1, -0.05) is 19.9 Å². The van der Waals surface area contributed by atoms with Crippen molar-refractivity contribution in [2.45, 2.75) is 24.1 Å². The zero-order valence-electron chi connectivity index (χ0n) is 14.0. The fourth-order valence-electron chi connectivity index (χ4n) is 2.41. The second kappa shape index (κ2) is 8.91. The van der Waals surface area contributed by atoms with E-state index in [1.807, 2.05) is 13.8 Å². The van der Waals surface area contributed by atoms with Crippen molar-refractivity contribution in [3.8, 4) is 0 Å². The van der Waals surface area contributed by atoms with Gasteiger partial charge in [-0.2, -0.15) is 4.72 Å². The summed E-state index contributed by atoms with van der Waals surface area (Å²) in [4.78, 5) is 14.6. The van der Waals surface area contributed by atoms with Gasteiger partial charge in [-0.05, 0) is 17.4 Å². The molecule has 0 aromatic carbocycles. The molecule has 136 valence electrons. The Morgan fingerprint density at radius 1 is 1.38 bits per heavy atom. The number of amides is 1. The molecule has 1 aliphatic heterocycles. The van der Waals surface area contributed by atoms with Gasteiger partial charge in [0, 0.05) is 26.2 Å². The second-order valence-electron chi connectivity index (χ2n) is 6.02. The van der Waals surface area contributed by atoms with E-state index in [9.17, 15) is 13.2 Å². The third-order valence-electron chi connectivity index (χ3n) is 3.82. The lowest BCUT2D eigenvalue weighted by Gasteiger charge is -2.27. The third kappa shape index (κ3) is 5.52. The van der Waals surface area contributed by atoms with Crippen molar-refractivity contribution in [3.05, 3.63) is 17.5 Å². The first kappa shape index (κ1) is 19.3. The van der Waals surface area contributed by atoms with Gasteiger partial charge in [0.05, 0.1) is 13.2 Å². The Morgan fingerprint density at radius 2 is 2.08 bits per heavy atom. The van der Waals surface area contributed by atoms with Crippen molar-refractivity contribution >= 4 is 27.3 Å². The van der Waals surface area contributed by atoms with Gasteiger partial charge in [-0.25, -0.2) is 8.42 Å². The number of rotatable bonds is 8. The highest BCUT2D eigenvalue weighted by Gasteiger charge is 2.28. The molecule has 1 unspecified atom stereocenters. The molecule has 1 amide bonds. The molecule has 1 saturated heterocycles. The van der Waals surface area contributed by atoms with E-state index in [0.29, 0.717) is 19.8 Å². The van der Waals surface area contributed by atoms with Crippen LogP contribution in [-0.2, 0) is 19.6 Å². The lowest BCUT2D eigenvalue weighted by molar-refractivity contribution is -0.123. The molecule has 0 saturated carbocycles. The average Bonchev–Trinajstić information content (AvgIpc) is 3.09. The number of thiophene rings is 1. The van der Waals surface area contributed by atoms with Gasteiger partial charge in [0.2, 0.25) is 5.91 Å². The maximum absolute atomic E-state index is 12.4. The summed E-state index contributed by atoms with van der Waals surface area (Å²) in [7, 11) is -3.67. The van der Waals surface area contributed by atoms with Crippen LogP contribution in [0.3, 0.4) is 0 Å². The number of nitrogens with zero attached hydrogens (tertiary/aromatic N) is 1. The number of nitrogens with one attached hydrogen (secondary N) is 2. The van der Waals surface area contributed by atoms with Gasteiger partial charge in [0.15, 0.2) is 0 Å². The second-order valence-corrected chi connectivity index (χ2v) is 8.91. The van der Waals surface area contributed by atoms with E-state index in [-0.39, 0.29) is 16.0 Å². The van der Waals surface area contributed by atoms with Gasteiger partial charge in [0.25, 0.3) is 10.0 Å². The predicted molar refractivity (Wildman–Crippen MR) is 93.5 cm³/mol. The highest BCUT2D eigenvalue weighted by Crippen LogP contribution is 2.17. The van der Waals surface area contributed by atoms with Crippen LogP contribution in [0.25, 0.3) is 0 Å². The Labute approximate surface area is 147 Å². The van der Waals surface area contributed by atoms with E-state index in [1.54, 1.807) is 11.4 Å². The molecule has 1 fully saturated rings. The van der Waals surface area contributed by atoms with E-state index in [4.69, 9.17) is 4.74 Å². The summed E-state index contributed by atoms with van der Waals surface area (Å²) in [6.45, 7) is 8.00. The maximum atomic E-state index is 12.4. The lowest BCUT2D eigenvalue weighted by atomic mass is 10.1. The number of carbonyl (C=O) groups excluding carboxylic acids is 1. The zero-order chi connectivity index (χ0) is 17.6. The summed E-state index contributed by atoms with van der Waals surface area (Å²) in [5.74, 6) is -0.443. The minimum atomic E-state index is -3.67. The largest absolute Gasteiger partial charge is 0.379 e. The Hall–Kier alpha value is -1.00. The van der Waals surface area contributed by atoms with Crippen LogP contribution in [-0.4, -0.2) is 64.7 Å². The quantitative estimate of drug-likeness (QED) is 0.691. The number of carbonyl (C=O) groups is 1. The fraction of sp³-hybridized carbons (Fsp3) is 0.667. The third-order valence-corrected chi connectivity index (χ3v) is 6.66. The first-order valence-electron chi connectivity index (χ1n) is 8.04. The standard InChI is InChI=1S/C15H25N3O4S2/c1-12(2)14(17-24(20,21)13-4-3-11-23-13)15(19)16-5-6-18-7-9-22-10-8-18/h3-4,11-12,14,17H,5-10H2,1-2H3,(H,16,19). The molecule has 1 atom stereocenters. The van der Waals surface area contributed by atoms with E-state index in [1.165, 1.54) is 6.07 Å². The Kier molecular flexibility index (Phi) is 7.17. The monoisotopic (exact) mass is 375 g/mol. The smallest absolute Gasteiger partial charge is 0.250 e. The molecule has 24 heavy (non-hydrogen) atoms. The molecule has 0 spiro atoms. The summed E-state index contributed by atoms with van der Waals surface area (Å²) in [6.07, 6.45) is 0. The minimum Gasteiger partial charge on any atom is -0.379 e. The van der Waals surface area contributed by atoms with Crippen LogP contribution < -0.4 is 10.0 Å². The molecule has 0 radical (unpaired) electrons. The topological polar surface area (TPSA) is 87.7 Å². The van der Waals surface area contributed by atoms with Crippen LogP contribution >= 0.6 is 11.3 Å². The van der Waals surface area contributed by atoms with Gasteiger partial charge in [-0.15, -0.1) is 11.3 Å². The lowest BCUT2D eigenvalue weighted by Crippen LogP contribution is -2.51. The normalized spacial score (nSPS) is 17.8. The van der Waals surface area contributed by atoms with E-state index in [0.717, 1.165) is 31.0 Å². The Balaban J connectivity index is 1.88. The van der Waals surface area contributed by atoms with Crippen molar-refractivity contribution in [2.75, 3.05) is 39.4 Å². The maximum Gasteiger partial charge on any atom is 0.250 e. The van der Waals surface area contributed by atoms with Crippen LogP contribution in [0.5, 0.6) is 0 Å². The molecule has 9 heteroatoms. The molecule has 2 heterocycles. The summed E-state index contributed by atoms with van der Waals surface area (Å²) >= 11 is 1.13. The van der Waals surface area contributed by atoms with Crippen molar-refractivity contribution in [1.82, 2.24) is 14.9 Å². The number of hydrogen-bond acceptors (Lipinski definition) is 6. The van der Waals surface area contributed by atoms with Crippen LogP contribution in [0.1, 0.15) is 13.8 Å². The summed E-state index contributed by atoms with van der Waals surface area (Å²) in [5, 5.41) is 4.53. The highest BCUT2D eigenvalue weighted by molar-refractivity contribution is 7.91. The van der Waals surface area contributed by atoms with Gasteiger partial charge in [0.1, 0.15) is 10.3 Å². The van der Waals surface area contributed by atoms with Gasteiger partial charge < -0.3 is 10.1 Å². The SMILES string of the molecule is CC(C)C(NS(=O)(=O)c1cccs1)C(=O)NCCN1CCOCC1. The molecule has 1 aliphatic rings. The molecule has 1 aromatic rings. The average molecular weight is 376 g/mol. The Bertz CT molecular complexity index is 611. The Morgan fingerprint density at radius 3 is 2.67 bits per heavy atom. The zero-order valence-corrected chi connectivity index (χ0v) is 15.7. The van der Waals surface area contributed by atoms with Gasteiger partial charge in [-0.3, -0.25) is 9.69 Å². The predicted octanol–water partition coefficient (Wildman–Crippen LogP) is 0.499. The molecule has 2 rings (SSSR count). The van der Waals surface area contributed by atoms with Crippen molar-refractivity contribution in [3.63, 3.8) is 0 Å². The highest BCUT2D eigenvalue weighted by atomic mass is 32.2. The number of sulfonamides is 1.